The maximum Gasteiger partial charge on any atom is 0.442 e. The Hall–Kier alpha value is -1.52. The molecule has 1 saturated heterocycles. The number of ether oxygens (including phenoxy) is 1. The molecule has 1 aromatic rings. The molecule has 2 aliphatic rings. The van der Waals surface area contributed by atoms with Crippen molar-refractivity contribution in [2.75, 3.05) is 19.7 Å². The number of hydrogen-bond acceptors (Lipinski definition) is 5. The molecule has 1 fully saturated rings. The van der Waals surface area contributed by atoms with Gasteiger partial charge < -0.3 is 4.74 Å². The quantitative estimate of drug-likeness (QED) is 0.819. The molecule has 6 nitrogen and oxygen atoms in total. The molecule has 3 rings (SSSR count). The fourth-order valence-electron chi connectivity index (χ4n) is 2.39. The zero-order valence-electron chi connectivity index (χ0n) is 12.1. The molecule has 0 spiro atoms. The Morgan fingerprint density at radius 3 is 2.26 bits per heavy atom. The molecule has 0 aromatic heterocycles. The lowest BCUT2D eigenvalue weighted by atomic mass is 10.0. The van der Waals surface area contributed by atoms with Crippen LogP contribution in [0.4, 0.5) is 13.2 Å². The first-order chi connectivity index (χ1) is 10.7. The monoisotopic (exact) mass is 349 g/mol. The second kappa shape index (κ2) is 5.25. The maximum absolute atomic E-state index is 12.9. The molecule has 2 aliphatic heterocycles. The number of alkyl halides is 3. The summed E-state index contributed by atoms with van der Waals surface area (Å²) in [6.45, 7) is 2.81. The van der Waals surface area contributed by atoms with E-state index in [9.17, 15) is 21.6 Å². The lowest BCUT2D eigenvalue weighted by Gasteiger charge is -2.37. The van der Waals surface area contributed by atoms with Crippen LogP contribution in [0.5, 0.6) is 0 Å². The van der Waals surface area contributed by atoms with Crippen molar-refractivity contribution in [3.05, 3.63) is 29.8 Å². The first-order valence-electron chi connectivity index (χ1n) is 6.94. The van der Waals surface area contributed by atoms with E-state index in [4.69, 9.17) is 4.74 Å². The van der Waals surface area contributed by atoms with E-state index in [1.807, 2.05) is 6.92 Å². The number of sulfonamides is 1. The minimum absolute atomic E-state index is 0.0610. The smallest absolute Gasteiger partial charge is 0.376 e. The SMILES string of the molecule is CCOC1CN(S(=O)(=O)c2ccc(C3(C(F)(F)F)N=N3)cc2)C1. The summed E-state index contributed by atoms with van der Waals surface area (Å²) in [5.41, 5.74) is -2.73. The number of benzene rings is 1. The van der Waals surface area contributed by atoms with E-state index in [2.05, 4.69) is 10.2 Å². The minimum Gasteiger partial charge on any atom is -0.376 e. The Kier molecular flexibility index (Phi) is 3.73. The number of halogens is 3. The Bertz CT molecular complexity index is 719. The van der Waals surface area contributed by atoms with Crippen molar-refractivity contribution in [1.29, 1.82) is 0 Å². The Labute approximate surface area is 131 Å². The van der Waals surface area contributed by atoms with Gasteiger partial charge in [0.05, 0.1) is 11.0 Å². The summed E-state index contributed by atoms with van der Waals surface area (Å²) < 4.78 is 69.9. The van der Waals surface area contributed by atoms with Crippen LogP contribution < -0.4 is 0 Å². The third kappa shape index (κ3) is 2.64. The largest absolute Gasteiger partial charge is 0.442 e. The number of nitrogens with zero attached hydrogens (tertiary/aromatic N) is 3. The van der Waals surface area contributed by atoms with Crippen LogP contribution in [0.3, 0.4) is 0 Å². The molecule has 0 saturated carbocycles. The molecule has 126 valence electrons. The first-order valence-corrected chi connectivity index (χ1v) is 8.38. The van der Waals surface area contributed by atoms with Crippen molar-refractivity contribution in [2.24, 2.45) is 10.2 Å². The predicted octanol–water partition coefficient (Wildman–Crippen LogP) is 2.28. The summed E-state index contributed by atoms with van der Waals surface area (Å²) in [4.78, 5) is -0.0610. The van der Waals surface area contributed by atoms with Gasteiger partial charge in [0.1, 0.15) is 0 Å². The van der Waals surface area contributed by atoms with Crippen LogP contribution in [-0.4, -0.2) is 44.7 Å². The van der Waals surface area contributed by atoms with Crippen molar-refractivity contribution in [3.63, 3.8) is 0 Å². The minimum atomic E-state index is -4.63. The second-order valence-electron chi connectivity index (χ2n) is 5.29. The Morgan fingerprint density at radius 2 is 1.83 bits per heavy atom. The Balaban J connectivity index is 1.76. The Morgan fingerprint density at radius 1 is 1.26 bits per heavy atom. The van der Waals surface area contributed by atoms with Gasteiger partial charge >= 0.3 is 11.8 Å². The van der Waals surface area contributed by atoms with Crippen LogP contribution in [0.2, 0.25) is 0 Å². The summed E-state index contributed by atoms with van der Waals surface area (Å²) >= 11 is 0. The van der Waals surface area contributed by atoms with E-state index >= 15 is 0 Å². The highest BCUT2D eigenvalue weighted by atomic mass is 32.2. The molecule has 2 heterocycles. The van der Waals surface area contributed by atoms with Crippen molar-refractivity contribution in [1.82, 2.24) is 4.31 Å². The molecule has 0 atom stereocenters. The van der Waals surface area contributed by atoms with E-state index in [0.29, 0.717) is 6.61 Å². The summed E-state index contributed by atoms with van der Waals surface area (Å²) in [6, 6.07) is 4.49. The average Bonchev–Trinajstić information content (AvgIpc) is 3.23. The van der Waals surface area contributed by atoms with Gasteiger partial charge in [-0.25, -0.2) is 8.42 Å². The topological polar surface area (TPSA) is 71.3 Å². The zero-order chi connectivity index (χ0) is 16.9. The van der Waals surface area contributed by atoms with Crippen LogP contribution in [0.15, 0.2) is 39.4 Å². The zero-order valence-corrected chi connectivity index (χ0v) is 12.9. The van der Waals surface area contributed by atoms with E-state index in [-0.39, 0.29) is 29.7 Å². The summed E-state index contributed by atoms with van der Waals surface area (Å²) in [5, 5.41) is 6.17. The third-order valence-corrected chi connectivity index (χ3v) is 5.65. The fourth-order valence-corrected chi connectivity index (χ4v) is 3.89. The van der Waals surface area contributed by atoms with E-state index in [1.165, 1.54) is 4.31 Å². The van der Waals surface area contributed by atoms with E-state index < -0.39 is 21.9 Å². The number of hydrogen-bond donors (Lipinski definition) is 0. The molecule has 23 heavy (non-hydrogen) atoms. The van der Waals surface area contributed by atoms with Crippen LogP contribution in [0.1, 0.15) is 12.5 Å². The van der Waals surface area contributed by atoms with Gasteiger partial charge in [-0.05, 0) is 19.1 Å². The van der Waals surface area contributed by atoms with Crippen LogP contribution in [0.25, 0.3) is 0 Å². The molecule has 10 heteroatoms. The van der Waals surface area contributed by atoms with Gasteiger partial charge in [-0.1, -0.05) is 12.1 Å². The van der Waals surface area contributed by atoms with Crippen LogP contribution in [-0.2, 0) is 20.4 Å². The van der Waals surface area contributed by atoms with Gasteiger partial charge in [-0.15, -0.1) is 10.2 Å². The summed E-state index contributed by atoms with van der Waals surface area (Å²) in [5.74, 6) is 0. The molecule has 0 unspecified atom stereocenters. The van der Waals surface area contributed by atoms with Crippen molar-refractivity contribution < 1.29 is 26.3 Å². The van der Waals surface area contributed by atoms with Gasteiger partial charge in [0.25, 0.3) is 0 Å². The standard InChI is InChI=1S/C13H14F3N3O3S/c1-2-22-10-7-19(8-10)23(20,21)11-5-3-9(4-6-11)12(17-18-12)13(14,15)16/h3-6,10H,2,7-8H2,1H3. The molecular formula is C13H14F3N3O3S. The van der Waals surface area contributed by atoms with Gasteiger partial charge in [-0.2, -0.15) is 17.5 Å². The summed E-state index contributed by atoms with van der Waals surface area (Å²) in [7, 11) is -3.72. The molecule has 0 bridgehead atoms. The van der Waals surface area contributed by atoms with Crippen molar-refractivity contribution >= 4 is 10.0 Å². The molecule has 0 N–H and O–H groups in total. The normalized spacial score (nSPS) is 21.2. The van der Waals surface area contributed by atoms with E-state index in [1.54, 1.807) is 0 Å². The average molecular weight is 349 g/mol. The van der Waals surface area contributed by atoms with Crippen molar-refractivity contribution in [2.45, 2.75) is 29.8 Å². The third-order valence-electron chi connectivity index (χ3n) is 3.81. The summed E-state index contributed by atoms with van der Waals surface area (Å²) in [6.07, 6.45) is -4.76. The lowest BCUT2D eigenvalue weighted by molar-refractivity contribution is -0.166. The lowest BCUT2D eigenvalue weighted by Crippen LogP contribution is -2.54. The highest BCUT2D eigenvalue weighted by molar-refractivity contribution is 7.89. The molecule has 1 aromatic carbocycles. The second-order valence-corrected chi connectivity index (χ2v) is 7.23. The fraction of sp³-hybridized carbons (Fsp3) is 0.538. The maximum atomic E-state index is 12.9. The molecule has 0 radical (unpaired) electrons. The van der Waals surface area contributed by atoms with E-state index in [0.717, 1.165) is 24.3 Å². The van der Waals surface area contributed by atoms with Gasteiger partial charge in [0, 0.05) is 25.3 Å². The molecule has 0 amide bonds. The van der Waals surface area contributed by atoms with Crippen LogP contribution >= 0.6 is 0 Å². The number of rotatable bonds is 5. The van der Waals surface area contributed by atoms with Crippen LogP contribution in [0, 0.1) is 0 Å². The van der Waals surface area contributed by atoms with Gasteiger partial charge in [-0.3, -0.25) is 0 Å². The highest BCUT2D eigenvalue weighted by Gasteiger charge is 2.65. The van der Waals surface area contributed by atoms with Crippen molar-refractivity contribution in [3.8, 4) is 0 Å². The first kappa shape index (κ1) is 16.3. The molecule has 0 aliphatic carbocycles. The van der Waals surface area contributed by atoms with Gasteiger partial charge in [0.2, 0.25) is 10.0 Å². The molecular weight excluding hydrogens is 335 g/mol. The highest BCUT2D eigenvalue weighted by Crippen LogP contribution is 2.52. The van der Waals surface area contributed by atoms with Gasteiger partial charge in [0.15, 0.2) is 0 Å². The predicted molar refractivity (Wildman–Crippen MR) is 73.2 cm³/mol.